The lowest BCUT2D eigenvalue weighted by atomic mass is 10.2. The van der Waals surface area contributed by atoms with E-state index in [1.807, 2.05) is 6.92 Å². The standard InChI is InChI=1S/C22H27N9O5S/c1-5-30-7-9-31(10-8-30)37(33,34)14-11-15(21(23-12-14)35-6-2)19-24-16-17(20(32)25-19)28-29(4)18(16)22-27-26-13(3)36-22/h11-12H,5-10H2,1-4H3,(H,24,25,32). The number of sulfonamides is 1. The second-order valence-electron chi connectivity index (χ2n) is 8.51. The Morgan fingerprint density at radius 2 is 1.89 bits per heavy atom. The molecule has 0 spiro atoms. The molecule has 1 aliphatic heterocycles. The van der Waals surface area contributed by atoms with Gasteiger partial charge in [0.1, 0.15) is 16.2 Å². The Morgan fingerprint density at radius 1 is 1.14 bits per heavy atom. The molecule has 1 fully saturated rings. The van der Waals surface area contributed by atoms with Gasteiger partial charge in [-0.2, -0.15) is 9.40 Å². The third-order valence-electron chi connectivity index (χ3n) is 6.20. The van der Waals surface area contributed by atoms with Crippen LogP contribution in [0.4, 0.5) is 0 Å². The van der Waals surface area contributed by atoms with Crippen molar-refractivity contribution in [2.24, 2.45) is 7.05 Å². The number of aryl methyl sites for hydroxylation is 2. The van der Waals surface area contributed by atoms with Gasteiger partial charge < -0.3 is 19.0 Å². The van der Waals surface area contributed by atoms with Gasteiger partial charge in [0.2, 0.25) is 21.8 Å². The van der Waals surface area contributed by atoms with Crippen LogP contribution in [0.15, 0.2) is 26.4 Å². The van der Waals surface area contributed by atoms with Crippen LogP contribution < -0.4 is 10.3 Å². The van der Waals surface area contributed by atoms with Crippen LogP contribution in [0.5, 0.6) is 5.88 Å². The number of pyridine rings is 1. The maximum atomic E-state index is 13.5. The molecule has 0 amide bonds. The lowest BCUT2D eigenvalue weighted by Crippen LogP contribution is -2.48. The zero-order valence-electron chi connectivity index (χ0n) is 20.9. The molecule has 5 heterocycles. The lowest BCUT2D eigenvalue weighted by molar-refractivity contribution is 0.196. The summed E-state index contributed by atoms with van der Waals surface area (Å²) in [6.45, 7) is 8.67. The molecule has 1 saturated heterocycles. The summed E-state index contributed by atoms with van der Waals surface area (Å²) in [5.41, 5.74) is 0.346. The summed E-state index contributed by atoms with van der Waals surface area (Å²) < 4.78 is 41.0. The van der Waals surface area contributed by atoms with Crippen LogP contribution in [0.3, 0.4) is 0 Å². The number of aromatic amines is 1. The largest absolute Gasteiger partial charge is 0.477 e. The predicted molar refractivity (Wildman–Crippen MR) is 132 cm³/mol. The molecular formula is C22H27N9O5S. The van der Waals surface area contributed by atoms with Gasteiger partial charge in [-0.25, -0.2) is 18.4 Å². The predicted octanol–water partition coefficient (Wildman–Crippen LogP) is 0.802. The van der Waals surface area contributed by atoms with Gasteiger partial charge in [0.05, 0.1) is 18.4 Å². The van der Waals surface area contributed by atoms with E-state index < -0.39 is 15.6 Å². The van der Waals surface area contributed by atoms with Gasteiger partial charge in [0, 0.05) is 40.2 Å². The van der Waals surface area contributed by atoms with E-state index in [1.54, 1.807) is 20.9 Å². The van der Waals surface area contributed by atoms with E-state index in [4.69, 9.17) is 9.15 Å². The Labute approximate surface area is 212 Å². The number of likely N-dealkylation sites (N-methyl/N-ethyl adjacent to an activating group) is 1. The zero-order chi connectivity index (χ0) is 26.3. The molecule has 0 saturated carbocycles. The Balaban J connectivity index is 1.63. The molecule has 0 aliphatic carbocycles. The molecule has 5 rings (SSSR count). The third-order valence-corrected chi connectivity index (χ3v) is 8.06. The molecule has 0 bridgehead atoms. The van der Waals surface area contributed by atoms with E-state index in [-0.39, 0.29) is 45.7 Å². The average molecular weight is 530 g/mol. The molecule has 0 radical (unpaired) electrons. The molecule has 14 nitrogen and oxygen atoms in total. The average Bonchev–Trinajstić information content (AvgIpc) is 3.46. The molecule has 1 aliphatic rings. The van der Waals surface area contributed by atoms with Crippen LogP contribution in [0.2, 0.25) is 0 Å². The summed E-state index contributed by atoms with van der Waals surface area (Å²) in [5.74, 6) is 0.706. The van der Waals surface area contributed by atoms with Crippen molar-refractivity contribution in [1.82, 2.24) is 44.1 Å². The van der Waals surface area contributed by atoms with Crippen molar-refractivity contribution < 1.29 is 17.6 Å². The van der Waals surface area contributed by atoms with E-state index in [2.05, 4.69) is 35.1 Å². The second-order valence-corrected chi connectivity index (χ2v) is 10.4. The van der Waals surface area contributed by atoms with Gasteiger partial charge in [-0.15, -0.1) is 10.2 Å². The molecule has 0 unspecified atom stereocenters. The number of nitrogens with one attached hydrogen (secondary N) is 1. The Morgan fingerprint density at radius 3 is 2.54 bits per heavy atom. The summed E-state index contributed by atoms with van der Waals surface area (Å²) in [6.07, 6.45) is 1.27. The Hall–Kier alpha value is -3.69. The number of ether oxygens (including phenoxy) is 1. The van der Waals surface area contributed by atoms with Crippen molar-refractivity contribution in [3.05, 3.63) is 28.5 Å². The summed E-state index contributed by atoms with van der Waals surface area (Å²) in [7, 11) is -2.20. The first kappa shape index (κ1) is 25.0. The normalized spacial score (nSPS) is 15.5. The molecular weight excluding hydrogens is 502 g/mol. The van der Waals surface area contributed by atoms with Gasteiger partial charge >= 0.3 is 0 Å². The van der Waals surface area contributed by atoms with Gasteiger partial charge in [-0.3, -0.25) is 9.48 Å². The lowest BCUT2D eigenvalue weighted by Gasteiger charge is -2.33. The topological polar surface area (TPSA) is 165 Å². The fourth-order valence-electron chi connectivity index (χ4n) is 4.27. The van der Waals surface area contributed by atoms with Gasteiger partial charge in [0.15, 0.2) is 11.2 Å². The molecule has 37 heavy (non-hydrogen) atoms. The smallest absolute Gasteiger partial charge is 0.279 e. The maximum Gasteiger partial charge on any atom is 0.279 e. The molecule has 196 valence electrons. The molecule has 4 aromatic rings. The van der Waals surface area contributed by atoms with E-state index in [1.165, 1.54) is 21.3 Å². The number of fused-ring (bicyclic) bond motifs is 1. The fraction of sp³-hybridized carbons (Fsp3) is 0.455. The number of rotatable bonds is 7. The number of aromatic nitrogens is 7. The highest BCUT2D eigenvalue weighted by molar-refractivity contribution is 7.89. The van der Waals surface area contributed by atoms with Crippen LogP contribution in [0.1, 0.15) is 19.7 Å². The van der Waals surface area contributed by atoms with E-state index in [0.29, 0.717) is 37.8 Å². The number of piperazine rings is 1. The summed E-state index contributed by atoms with van der Waals surface area (Å²) in [4.78, 5) is 26.7. The highest BCUT2D eigenvalue weighted by Gasteiger charge is 2.30. The maximum absolute atomic E-state index is 13.5. The molecule has 1 N–H and O–H groups in total. The summed E-state index contributed by atoms with van der Waals surface area (Å²) in [6, 6.07) is 1.43. The monoisotopic (exact) mass is 529 g/mol. The highest BCUT2D eigenvalue weighted by Crippen LogP contribution is 2.31. The zero-order valence-corrected chi connectivity index (χ0v) is 21.7. The first-order chi connectivity index (χ1) is 17.7. The van der Waals surface area contributed by atoms with E-state index in [0.717, 1.165) is 6.54 Å². The molecule has 4 aromatic heterocycles. The van der Waals surface area contributed by atoms with Crippen molar-refractivity contribution >= 4 is 21.1 Å². The van der Waals surface area contributed by atoms with E-state index >= 15 is 0 Å². The van der Waals surface area contributed by atoms with Crippen molar-refractivity contribution in [1.29, 1.82) is 0 Å². The molecule has 15 heteroatoms. The van der Waals surface area contributed by atoms with E-state index in [9.17, 15) is 13.2 Å². The van der Waals surface area contributed by atoms with Gasteiger partial charge in [-0.1, -0.05) is 6.92 Å². The Bertz CT molecular complexity index is 1620. The molecule has 0 atom stereocenters. The minimum atomic E-state index is -3.83. The third kappa shape index (κ3) is 4.49. The number of hydrogen-bond acceptors (Lipinski definition) is 11. The van der Waals surface area contributed by atoms with Crippen LogP contribution in [-0.2, 0) is 17.1 Å². The quantitative estimate of drug-likeness (QED) is 0.360. The van der Waals surface area contributed by atoms with Crippen LogP contribution >= 0.6 is 0 Å². The summed E-state index contributed by atoms with van der Waals surface area (Å²) in [5, 5.41) is 12.1. The van der Waals surface area contributed by atoms with Crippen molar-refractivity contribution in [2.75, 3.05) is 39.3 Å². The number of hydrogen-bond donors (Lipinski definition) is 1. The van der Waals surface area contributed by atoms with Crippen LogP contribution in [0.25, 0.3) is 34.0 Å². The minimum absolute atomic E-state index is 0.0161. The van der Waals surface area contributed by atoms with Crippen molar-refractivity contribution in [3.63, 3.8) is 0 Å². The van der Waals surface area contributed by atoms with Crippen LogP contribution in [0, 0.1) is 6.92 Å². The van der Waals surface area contributed by atoms with Crippen molar-refractivity contribution in [2.45, 2.75) is 25.7 Å². The van der Waals surface area contributed by atoms with Gasteiger partial charge in [0.25, 0.3) is 11.4 Å². The Kier molecular flexibility index (Phi) is 6.51. The fourth-order valence-corrected chi connectivity index (χ4v) is 5.66. The number of nitrogens with zero attached hydrogens (tertiary/aromatic N) is 8. The van der Waals surface area contributed by atoms with Crippen LogP contribution in [-0.4, -0.2) is 91.9 Å². The number of H-pyrrole nitrogens is 1. The summed E-state index contributed by atoms with van der Waals surface area (Å²) >= 11 is 0. The first-order valence-corrected chi connectivity index (χ1v) is 13.3. The second kappa shape index (κ2) is 9.64. The SMILES string of the molecule is CCOc1ncc(S(=O)(=O)N2CCN(CC)CC2)cc1-c1nc2c(-c3nnc(C)o3)n(C)nc2c(=O)[nH]1. The first-order valence-electron chi connectivity index (χ1n) is 11.9. The van der Waals surface area contributed by atoms with Crippen molar-refractivity contribution in [3.8, 4) is 28.9 Å². The molecule has 0 aromatic carbocycles. The van der Waals surface area contributed by atoms with Gasteiger partial charge in [-0.05, 0) is 19.5 Å². The minimum Gasteiger partial charge on any atom is -0.477 e. The highest BCUT2D eigenvalue weighted by atomic mass is 32.2.